The summed E-state index contributed by atoms with van der Waals surface area (Å²) in [6, 6.07) is 6.22. The number of sulfonamides is 2. The number of hydrogen-bond acceptors (Lipinski definition) is 4. The fourth-order valence-electron chi connectivity index (χ4n) is 1.30. The minimum Gasteiger partial charge on any atom is -0.221 e. The van der Waals surface area contributed by atoms with Gasteiger partial charge in [0.15, 0.2) is 12.4 Å². The molecule has 1 heterocycles. The van der Waals surface area contributed by atoms with Gasteiger partial charge >= 0.3 is 31.1 Å². The monoisotopic (exact) mass is 462 g/mol. The van der Waals surface area contributed by atoms with Gasteiger partial charge in [-0.2, -0.15) is 26.3 Å². The minimum absolute atomic E-state index is 1.17. The molecule has 0 saturated heterocycles. The van der Waals surface area contributed by atoms with Crippen LogP contribution in [0.15, 0.2) is 30.6 Å². The zero-order valence-corrected chi connectivity index (χ0v) is 16.4. The Morgan fingerprint density at radius 3 is 1.39 bits per heavy atom. The van der Waals surface area contributed by atoms with Crippen molar-refractivity contribution in [2.75, 3.05) is 0 Å². The third-order valence-corrected chi connectivity index (χ3v) is 3.98. The maximum atomic E-state index is 10.8. The standard InChI is InChI=1S/C11H18N.2CH2F3NO2S/c1-2-3-4-6-9-12-10-7-5-8-11-12;2*2-1(3,4)8(5,6)7/h5,7-8,10-11H,2-4,6,9H2,1H3;2*(H2,5,6,7)/q+1;;. The third-order valence-electron chi connectivity index (χ3n) is 2.69. The van der Waals surface area contributed by atoms with E-state index in [2.05, 4.69) is 52.4 Å². The van der Waals surface area contributed by atoms with E-state index in [9.17, 15) is 43.2 Å². The van der Waals surface area contributed by atoms with Crippen LogP contribution in [-0.4, -0.2) is 27.9 Å². The van der Waals surface area contributed by atoms with Crippen LogP contribution in [0.3, 0.4) is 0 Å². The Balaban J connectivity index is 0. The average molecular weight is 462 g/mol. The smallest absolute Gasteiger partial charge is 0.221 e. The lowest BCUT2D eigenvalue weighted by Gasteiger charge is -1.98. The number of rotatable bonds is 5. The van der Waals surface area contributed by atoms with Gasteiger partial charge in [0.2, 0.25) is 0 Å². The number of hydrogen-bond donors (Lipinski definition) is 2. The molecule has 28 heavy (non-hydrogen) atoms. The first-order valence-electron chi connectivity index (χ1n) is 7.55. The molecule has 0 atom stereocenters. The summed E-state index contributed by atoms with van der Waals surface area (Å²) in [6.07, 6.45) is 9.62. The van der Waals surface area contributed by atoms with Crippen LogP contribution in [0.5, 0.6) is 0 Å². The fourth-order valence-corrected chi connectivity index (χ4v) is 1.30. The Hall–Kier alpha value is -1.45. The van der Waals surface area contributed by atoms with Crippen molar-refractivity contribution in [3.8, 4) is 0 Å². The van der Waals surface area contributed by atoms with E-state index in [-0.39, 0.29) is 0 Å². The summed E-state index contributed by atoms with van der Waals surface area (Å²) in [7, 11) is -10.7. The van der Waals surface area contributed by atoms with Gasteiger partial charge in [0.05, 0.1) is 0 Å². The Labute approximate surface area is 159 Å². The molecule has 166 valence electrons. The minimum atomic E-state index is -5.34. The Kier molecular flexibility index (Phi) is 12.5. The van der Waals surface area contributed by atoms with Gasteiger partial charge in [-0.1, -0.05) is 25.8 Å². The molecule has 1 aromatic rings. The second kappa shape index (κ2) is 12.2. The molecule has 0 aliphatic rings. The first-order valence-corrected chi connectivity index (χ1v) is 10.6. The lowest BCUT2D eigenvalue weighted by molar-refractivity contribution is -0.697. The molecule has 1 rings (SSSR count). The summed E-state index contributed by atoms with van der Waals surface area (Å²) in [5.74, 6) is 0. The van der Waals surface area contributed by atoms with Gasteiger partial charge in [0, 0.05) is 18.6 Å². The van der Waals surface area contributed by atoms with Gasteiger partial charge < -0.3 is 0 Å². The Morgan fingerprint density at radius 1 is 0.750 bits per heavy atom. The highest BCUT2D eigenvalue weighted by molar-refractivity contribution is 7.90. The van der Waals surface area contributed by atoms with Crippen LogP contribution in [-0.2, 0) is 26.6 Å². The van der Waals surface area contributed by atoms with Crippen molar-refractivity contribution in [1.29, 1.82) is 0 Å². The van der Waals surface area contributed by atoms with E-state index in [0.717, 1.165) is 0 Å². The normalized spacial score (nSPS) is 12.3. The maximum Gasteiger partial charge on any atom is 0.511 e. The van der Waals surface area contributed by atoms with Gasteiger partial charge in [0.25, 0.3) is 0 Å². The molecule has 0 bridgehead atoms. The topological polar surface area (TPSA) is 124 Å². The highest BCUT2D eigenvalue weighted by atomic mass is 32.2. The van der Waals surface area contributed by atoms with Crippen molar-refractivity contribution in [3.05, 3.63) is 30.6 Å². The lowest BCUT2D eigenvalue weighted by atomic mass is 10.2. The number of pyridine rings is 1. The highest BCUT2D eigenvalue weighted by Crippen LogP contribution is 2.19. The van der Waals surface area contributed by atoms with E-state index in [1.165, 1.54) is 32.2 Å². The maximum absolute atomic E-state index is 10.8. The summed E-state index contributed by atoms with van der Waals surface area (Å²) < 4.78 is 105. The fraction of sp³-hybridized carbons (Fsp3) is 0.615. The van der Waals surface area contributed by atoms with Gasteiger partial charge in [-0.25, -0.2) is 31.7 Å². The summed E-state index contributed by atoms with van der Waals surface area (Å²) in [5, 5.41) is 7.32. The molecule has 0 amide bonds. The van der Waals surface area contributed by atoms with E-state index in [1.807, 2.05) is 0 Å². The number of nitrogens with two attached hydrogens (primary N) is 2. The van der Waals surface area contributed by atoms with Gasteiger partial charge in [-0.3, -0.25) is 0 Å². The Morgan fingerprint density at radius 2 is 1.11 bits per heavy atom. The third kappa shape index (κ3) is 14.6. The number of halogens is 6. The summed E-state index contributed by atoms with van der Waals surface area (Å²) in [4.78, 5) is 0. The van der Waals surface area contributed by atoms with Crippen LogP contribution in [0.2, 0.25) is 0 Å². The van der Waals surface area contributed by atoms with E-state index >= 15 is 0 Å². The number of alkyl halides is 6. The second-order valence-electron chi connectivity index (χ2n) is 5.16. The molecule has 0 saturated carbocycles. The van der Waals surface area contributed by atoms with Crippen molar-refractivity contribution in [1.82, 2.24) is 0 Å². The first-order chi connectivity index (χ1) is 12.4. The molecular formula is C13H22F6N3O4S2+. The van der Waals surface area contributed by atoms with E-state index in [4.69, 9.17) is 0 Å². The van der Waals surface area contributed by atoms with Crippen molar-refractivity contribution < 1.29 is 47.7 Å². The molecule has 0 unspecified atom stereocenters. The molecule has 4 N–H and O–H groups in total. The predicted octanol–water partition coefficient (Wildman–Crippen LogP) is 2.14. The van der Waals surface area contributed by atoms with Crippen LogP contribution >= 0.6 is 0 Å². The molecular weight excluding hydrogens is 440 g/mol. The van der Waals surface area contributed by atoms with Crippen molar-refractivity contribution in [2.24, 2.45) is 10.3 Å². The number of aromatic nitrogens is 1. The van der Waals surface area contributed by atoms with Gasteiger partial charge in [0.1, 0.15) is 6.54 Å². The molecule has 0 radical (unpaired) electrons. The van der Waals surface area contributed by atoms with Crippen LogP contribution in [0.1, 0.15) is 32.6 Å². The van der Waals surface area contributed by atoms with Crippen molar-refractivity contribution in [3.63, 3.8) is 0 Å². The average Bonchev–Trinajstić information content (AvgIpc) is 2.50. The van der Waals surface area contributed by atoms with Crippen LogP contribution in [0.4, 0.5) is 26.3 Å². The van der Waals surface area contributed by atoms with Crippen LogP contribution in [0, 0.1) is 0 Å². The molecule has 0 aliphatic carbocycles. The second-order valence-corrected chi connectivity index (χ2v) is 8.26. The van der Waals surface area contributed by atoms with Crippen LogP contribution < -0.4 is 14.8 Å². The zero-order chi connectivity index (χ0) is 22.6. The summed E-state index contributed by atoms with van der Waals surface area (Å²) in [6.45, 7) is 3.41. The lowest BCUT2D eigenvalue weighted by Crippen LogP contribution is -2.32. The molecule has 0 fully saturated rings. The number of primary sulfonamides is 2. The van der Waals surface area contributed by atoms with E-state index in [1.54, 1.807) is 0 Å². The largest absolute Gasteiger partial charge is 0.511 e. The quantitative estimate of drug-likeness (QED) is 0.395. The summed E-state index contributed by atoms with van der Waals surface area (Å²) in [5.41, 5.74) is -10.6. The van der Waals surface area contributed by atoms with E-state index < -0.39 is 31.1 Å². The molecule has 0 spiro atoms. The highest BCUT2D eigenvalue weighted by Gasteiger charge is 2.43. The van der Waals surface area contributed by atoms with Gasteiger partial charge in [-0.05, 0) is 6.42 Å². The molecule has 0 aliphatic heterocycles. The number of aryl methyl sites for hydroxylation is 1. The predicted molar refractivity (Wildman–Crippen MR) is 89.1 cm³/mol. The van der Waals surface area contributed by atoms with Crippen LogP contribution in [0.25, 0.3) is 0 Å². The molecule has 7 nitrogen and oxygen atoms in total. The van der Waals surface area contributed by atoms with E-state index in [0.29, 0.717) is 0 Å². The summed E-state index contributed by atoms with van der Waals surface area (Å²) >= 11 is 0. The van der Waals surface area contributed by atoms with Crippen molar-refractivity contribution in [2.45, 2.75) is 50.2 Å². The number of unbranched alkanes of at least 4 members (excludes halogenated alkanes) is 3. The number of nitrogens with zero attached hydrogens (tertiary/aromatic N) is 1. The SMILES string of the molecule is CCCCCC[n+]1ccccc1.NS(=O)(=O)C(F)(F)F.NS(=O)(=O)C(F)(F)F. The zero-order valence-electron chi connectivity index (χ0n) is 14.7. The molecule has 0 aromatic carbocycles. The first kappa shape index (κ1) is 28.8. The molecule has 15 heteroatoms. The van der Waals surface area contributed by atoms with Crippen molar-refractivity contribution >= 4 is 20.0 Å². The van der Waals surface area contributed by atoms with Gasteiger partial charge in [-0.15, -0.1) is 0 Å². The Bertz CT molecular complexity index is 709. The molecule has 1 aromatic heterocycles.